The molecule has 8 heteroatoms. The van der Waals surface area contributed by atoms with Gasteiger partial charge in [0, 0.05) is 59.2 Å². The monoisotopic (exact) mass is 479 g/mol. The smallest absolute Gasteiger partial charge is 0.222 e. The highest BCUT2D eigenvalue weighted by Gasteiger charge is 2.23. The number of carbonyl (C=O) groups excluding carboxylic acids is 2. The van der Waals surface area contributed by atoms with Gasteiger partial charge in [0.05, 0.1) is 0 Å². The fraction of sp³-hybridized carbons (Fsp3) is 0.833. The van der Waals surface area contributed by atoms with Gasteiger partial charge in [-0.05, 0) is 38.5 Å². The first-order chi connectivity index (χ1) is 12.1. The minimum atomic E-state index is 0. The van der Waals surface area contributed by atoms with Crippen molar-refractivity contribution in [2.24, 2.45) is 10.9 Å². The average molecular weight is 479 g/mol. The summed E-state index contributed by atoms with van der Waals surface area (Å²) in [5.41, 5.74) is 0. The van der Waals surface area contributed by atoms with E-state index in [2.05, 4.69) is 22.5 Å². The van der Waals surface area contributed by atoms with Gasteiger partial charge < -0.3 is 20.4 Å². The first-order valence-electron chi connectivity index (χ1n) is 9.65. The highest BCUT2D eigenvalue weighted by Crippen LogP contribution is 2.20. The number of rotatable bonds is 7. The second kappa shape index (κ2) is 12.3. The molecular weight excluding hydrogens is 445 g/mol. The van der Waals surface area contributed by atoms with Crippen molar-refractivity contribution in [1.82, 2.24) is 20.4 Å². The predicted octanol–water partition coefficient (Wildman–Crippen LogP) is 1.43. The Morgan fingerprint density at radius 3 is 2.58 bits per heavy atom. The molecule has 2 N–H and O–H groups in total. The van der Waals surface area contributed by atoms with Crippen molar-refractivity contribution in [3.63, 3.8) is 0 Å². The summed E-state index contributed by atoms with van der Waals surface area (Å²) >= 11 is 0. The topological polar surface area (TPSA) is 77.0 Å². The van der Waals surface area contributed by atoms with Gasteiger partial charge in [-0.2, -0.15) is 0 Å². The second-order valence-electron chi connectivity index (χ2n) is 6.88. The molecule has 0 bridgehead atoms. The molecule has 0 aliphatic carbocycles. The van der Waals surface area contributed by atoms with Crippen molar-refractivity contribution in [2.45, 2.75) is 45.4 Å². The Bertz CT molecular complexity index is 478. The molecule has 0 saturated carbocycles. The van der Waals surface area contributed by atoms with Crippen LogP contribution in [0.4, 0.5) is 0 Å². The van der Waals surface area contributed by atoms with Crippen LogP contribution in [-0.2, 0) is 9.59 Å². The number of guanidine groups is 1. The summed E-state index contributed by atoms with van der Waals surface area (Å²) in [5, 5.41) is 6.08. The molecule has 2 fully saturated rings. The lowest BCUT2D eigenvalue weighted by atomic mass is 9.93. The van der Waals surface area contributed by atoms with E-state index in [0.717, 1.165) is 70.9 Å². The molecule has 150 valence electrons. The Balaban J connectivity index is 0.00000338. The molecule has 0 aromatic rings. The molecule has 0 aromatic heterocycles. The molecule has 2 aliphatic rings. The van der Waals surface area contributed by atoms with Crippen LogP contribution >= 0.6 is 24.0 Å². The number of aliphatic imine (C=N–C) groups is 1. The quantitative estimate of drug-likeness (QED) is 0.251. The van der Waals surface area contributed by atoms with E-state index in [9.17, 15) is 9.59 Å². The zero-order valence-corrected chi connectivity index (χ0v) is 18.5. The van der Waals surface area contributed by atoms with Crippen LogP contribution in [0.25, 0.3) is 0 Å². The van der Waals surface area contributed by atoms with Gasteiger partial charge in [0.15, 0.2) is 5.96 Å². The maximum absolute atomic E-state index is 11.6. The number of hydrogen-bond donors (Lipinski definition) is 2. The number of halogens is 1. The Hall–Kier alpha value is -1.06. The van der Waals surface area contributed by atoms with Gasteiger partial charge in [-0.3, -0.25) is 14.6 Å². The summed E-state index contributed by atoms with van der Waals surface area (Å²) in [6.07, 6.45) is 5.29. The van der Waals surface area contributed by atoms with Gasteiger partial charge >= 0.3 is 0 Å². The van der Waals surface area contributed by atoms with Gasteiger partial charge in [0.1, 0.15) is 0 Å². The summed E-state index contributed by atoms with van der Waals surface area (Å²) in [5.74, 6) is 1.86. The van der Waals surface area contributed by atoms with E-state index in [-0.39, 0.29) is 35.8 Å². The largest absolute Gasteiger partial charge is 0.359 e. The normalized spacial score (nSPS) is 18.7. The Morgan fingerprint density at radius 1 is 1.27 bits per heavy atom. The summed E-state index contributed by atoms with van der Waals surface area (Å²) in [4.78, 5) is 32.1. The van der Waals surface area contributed by atoms with Gasteiger partial charge in [-0.25, -0.2) is 0 Å². The number of likely N-dealkylation sites (tertiary alicyclic amines) is 2. The molecule has 0 atom stereocenters. The highest BCUT2D eigenvalue weighted by molar-refractivity contribution is 14.0. The molecule has 2 heterocycles. The van der Waals surface area contributed by atoms with E-state index in [1.807, 2.05) is 4.90 Å². The average Bonchev–Trinajstić information content (AvgIpc) is 3.03. The molecule has 7 nitrogen and oxygen atoms in total. The van der Waals surface area contributed by atoms with Crippen LogP contribution < -0.4 is 10.6 Å². The van der Waals surface area contributed by atoms with Gasteiger partial charge in [0.2, 0.25) is 11.8 Å². The lowest BCUT2D eigenvalue weighted by Crippen LogP contribution is -2.46. The number of nitrogens with zero attached hydrogens (tertiary/aromatic N) is 3. The fourth-order valence-corrected chi connectivity index (χ4v) is 3.53. The third-order valence-corrected chi connectivity index (χ3v) is 5.02. The van der Waals surface area contributed by atoms with E-state index >= 15 is 0 Å². The summed E-state index contributed by atoms with van der Waals surface area (Å²) in [6.45, 7) is 7.27. The van der Waals surface area contributed by atoms with E-state index in [1.54, 1.807) is 7.05 Å². The van der Waals surface area contributed by atoms with Crippen molar-refractivity contribution in [3.05, 3.63) is 0 Å². The van der Waals surface area contributed by atoms with Crippen LogP contribution in [0.3, 0.4) is 0 Å². The molecule has 2 saturated heterocycles. The summed E-state index contributed by atoms with van der Waals surface area (Å²) < 4.78 is 0. The number of carbonyl (C=O) groups is 2. The van der Waals surface area contributed by atoms with Crippen molar-refractivity contribution in [2.75, 3.05) is 46.3 Å². The first kappa shape index (κ1) is 23.0. The molecule has 0 aromatic carbocycles. The van der Waals surface area contributed by atoms with Crippen LogP contribution in [0.5, 0.6) is 0 Å². The molecule has 26 heavy (non-hydrogen) atoms. The number of hydrogen-bond acceptors (Lipinski definition) is 3. The summed E-state index contributed by atoms with van der Waals surface area (Å²) in [7, 11) is 1.70. The maximum Gasteiger partial charge on any atom is 0.222 e. The van der Waals surface area contributed by atoms with Crippen LogP contribution in [0.15, 0.2) is 4.99 Å². The van der Waals surface area contributed by atoms with E-state index in [0.29, 0.717) is 18.8 Å². The van der Waals surface area contributed by atoms with Crippen LogP contribution in [-0.4, -0.2) is 73.9 Å². The second-order valence-corrected chi connectivity index (χ2v) is 6.88. The van der Waals surface area contributed by atoms with Crippen molar-refractivity contribution >= 4 is 41.8 Å². The standard InChI is InChI=1S/C18H33N5O2.HI/c1-3-20-18(21-9-5-11-22-10-4-6-17(22)25)23-12-7-15(8-13-23)14-16(24)19-2;/h15H,3-14H2,1-2H3,(H,19,24)(H,20,21);1H. The van der Waals surface area contributed by atoms with Crippen molar-refractivity contribution in [3.8, 4) is 0 Å². The third-order valence-electron chi connectivity index (χ3n) is 5.02. The van der Waals surface area contributed by atoms with E-state index in [4.69, 9.17) is 4.99 Å². The van der Waals surface area contributed by atoms with E-state index in [1.165, 1.54) is 0 Å². The maximum atomic E-state index is 11.6. The van der Waals surface area contributed by atoms with Crippen LogP contribution in [0.2, 0.25) is 0 Å². The van der Waals surface area contributed by atoms with Crippen molar-refractivity contribution in [1.29, 1.82) is 0 Å². The fourth-order valence-electron chi connectivity index (χ4n) is 3.53. The molecular formula is C18H34IN5O2. The van der Waals surface area contributed by atoms with Crippen molar-refractivity contribution < 1.29 is 9.59 Å². The van der Waals surface area contributed by atoms with Gasteiger partial charge in [0.25, 0.3) is 0 Å². The lowest BCUT2D eigenvalue weighted by Gasteiger charge is -2.34. The van der Waals surface area contributed by atoms with Crippen LogP contribution in [0.1, 0.15) is 45.4 Å². The molecule has 2 aliphatic heterocycles. The minimum Gasteiger partial charge on any atom is -0.359 e. The number of nitrogens with one attached hydrogen (secondary N) is 2. The predicted molar refractivity (Wildman–Crippen MR) is 115 cm³/mol. The van der Waals surface area contributed by atoms with E-state index < -0.39 is 0 Å². The van der Waals surface area contributed by atoms with Gasteiger partial charge in [-0.15, -0.1) is 24.0 Å². The molecule has 2 amide bonds. The molecule has 0 unspecified atom stereocenters. The zero-order chi connectivity index (χ0) is 18.1. The number of amides is 2. The summed E-state index contributed by atoms with van der Waals surface area (Å²) in [6, 6.07) is 0. The highest BCUT2D eigenvalue weighted by atomic mass is 127. The molecule has 0 spiro atoms. The Labute approximate surface area is 174 Å². The number of piperidine rings is 1. The lowest BCUT2D eigenvalue weighted by molar-refractivity contribution is -0.127. The zero-order valence-electron chi connectivity index (χ0n) is 16.1. The molecule has 0 radical (unpaired) electrons. The van der Waals surface area contributed by atoms with Crippen LogP contribution in [0, 0.1) is 5.92 Å². The molecule has 2 rings (SSSR count). The minimum absolute atomic E-state index is 0. The first-order valence-corrected chi connectivity index (χ1v) is 9.65. The third kappa shape index (κ3) is 7.28. The van der Waals surface area contributed by atoms with Gasteiger partial charge in [-0.1, -0.05) is 0 Å². The Morgan fingerprint density at radius 2 is 2.00 bits per heavy atom. The SMILES string of the molecule is CCNC(=NCCCN1CCCC1=O)N1CCC(CC(=O)NC)CC1.I. The Kier molecular flexibility index (Phi) is 10.9.